The number of ketones is 1. The molecule has 4 nitrogen and oxygen atoms in total. The van der Waals surface area contributed by atoms with Crippen molar-refractivity contribution in [3.05, 3.63) is 39.4 Å². The van der Waals surface area contributed by atoms with Gasteiger partial charge in [-0.25, -0.2) is 0 Å². The van der Waals surface area contributed by atoms with Crippen molar-refractivity contribution in [2.24, 2.45) is 0 Å². The second-order valence-electron chi connectivity index (χ2n) is 5.19. The molecule has 0 aliphatic carbocycles. The van der Waals surface area contributed by atoms with E-state index in [9.17, 15) is 9.59 Å². The van der Waals surface area contributed by atoms with E-state index in [0.717, 1.165) is 40.2 Å². The van der Waals surface area contributed by atoms with E-state index in [-0.39, 0.29) is 17.6 Å². The van der Waals surface area contributed by atoms with Crippen molar-refractivity contribution in [3.8, 4) is 0 Å². The quantitative estimate of drug-likeness (QED) is 0.662. The fourth-order valence-corrected chi connectivity index (χ4v) is 2.89. The summed E-state index contributed by atoms with van der Waals surface area (Å²) < 4.78 is 0. The Balaban J connectivity index is 2.48. The van der Waals surface area contributed by atoms with Crippen LogP contribution in [-0.2, 0) is 4.79 Å². The smallest absolute Gasteiger partial charge is 0.251 e. The molecule has 1 amide bonds. The number of rotatable bonds is 4. The summed E-state index contributed by atoms with van der Waals surface area (Å²) in [6.45, 7) is 7.57. The largest absolute Gasteiger partial charge is 0.358 e. The summed E-state index contributed by atoms with van der Waals surface area (Å²) >= 11 is 5.65. The first kappa shape index (κ1) is 15.6. The number of aryl methyl sites for hydroxylation is 1. The highest BCUT2D eigenvalue weighted by atomic mass is 35.5. The zero-order chi connectivity index (χ0) is 15.7. The fraction of sp³-hybridized carbons (Fsp3) is 0.375. The number of amides is 1. The van der Waals surface area contributed by atoms with Gasteiger partial charge in [-0.3, -0.25) is 9.59 Å². The van der Waals surface area contributed by atoms with Gasteiger partial charge in [0.15, 0.2) is 5.78 Å². The molecule has 0 fully saturated rings. The Morgan fingerprint density at radius 2 is 1.95 bits per heavy atom. The number of allylic oxidation sites excluding steroid dienone is 1. The van der Waals surface area contributed by atoms with E-state index in [1.54, 1.807) is 0 Å². The van der Waals surface area contributed by atoms with Crippen LogP contribution in [0.1, 0.15) is 47.6 Å². The topological polar surface area (TPSA) is 62.0 Å². The third kappa shape index (κ3) is 2.68. The molecule has 1 aromatic heterocycles. The van der Waals surface area contributed by atoms with Gasteiger partial charge in [0.25, 0.3) is 5.91 Å². The van der Waals surface area contributed by atoms with Gasteiger partial charge in [-0.15, -0.1) is 11.6 Å². The minimum atomic E-state index is -0.0922. The number of carbonyl (C=O) groups is 2. The Morgan fingerprint density at radius 3 is 2.52 bits per heavy atom. The van der Waals surface area contributed by atoms with Crippen LogP contribution >= 0.6 is 11.6 Å². The van der Waals surface area contributed by atoms with E-state index in [1.165, 1.54) is 0 Å². The lowest BCUT2D eigenvalue weighted by molar-refractivity contribution is -0.116. The Bertz CT molecular complexity index is 681. The molecule has 0 atom stereocenters. The van der Waals surface area contributed by atoms with Crippen LogP contribution in [0, 0.1) is 13.8 Å². The van der Waals surface area contributed by atoms with Gasteiger partial charge in [0, 0.05) is 28.2 Å². The lowest BCUT2D eigenvalue weighted by Gasteiger charge is -2.03. The van der Waals surface area contributed by atoms with E-state index in [1.807, 2.05) is 33.8 Å². The van der Waals surface area contributed by atoms with Crippen LogP contribution in [0.15, 0.2) is 16.8 Å². The SMILES string of the molecule is CCC1=C(C)C(=O)N/C1=C\c1[nH]c(C)c(C(=O)CCl)c1C. The van der Waals surface area contributed by atoms with Gasteiger partial charge in [0.1, 0.15) is 0 Å². The van der Waals surface area contributed by atoms with Crippen LogP contribution < -0.4 is 5.32 Å². The van der Waals surface area contributed by atoms with Gasteiger partial charge in [-0.2, -0.15) is 0 Å². The number of Topliss-reactive ketones (excluding diaryl/α,β-unsaturated/α-hetero) is 1. The Morgan fingerprint density at radius 1 is 1.29 bits per heavy atom. The lowest BCUT2D eigenvalue weighted by atomic mass is 10.0. The van der Waals surface area contributed by atoms with Crippen molar-refractivity contribution in [1.82, 2.24) is 10.3 Å². The third-order valence-electron chi connectivity index (χ3n) is 3.89. The molecule has 0 spiro atoms. The van der Waals surface area contributed by atoms with Gasteiger partial charge in [-0.1, -0.05) is 6.92 Å². The average molecular weight is 307 g/mol. The molecule has 5 heteroatoms. The molecule has 0 unspecified atom stereocenters. The van der Waals surface area contributed by atoms with E-state index in [4.69, 9.17) is 11.6 Å². The molecule has 21 heavy (non-hydrogen) atoms. The van der Waals surface area contributed by atoms with Crippen LogP contribution in [0.3, 0.4) is 0 Å². The predicted molar refractivity (Wildman–Crippen MR) is 84.4 cm³/mol. The highest BCUT2D eigenvalue weighted by molar-refractivity contribution is 6.30. The molecule has 0 saturated carbocycles. The number of halogens is 1. The maximum absolute atomic E-state index is 11.9. The summed E-state index contributed by atoms with van der Waals surface area (Å²) in [6.07, 6.45) is 2.67. The molecule has 0 saturated heterocycles. The number of aromatic amines is 1. The number of hydrogen-bond acceptors (Lipinski definition) is 2. The highest BCUT2D eigenvalue weighted by Gasteiger charge is 2.23. The van der Waals surface area contributed by atoms with Crippen molar-refractivity contribution < 1.29 is 9.59 Å². The molecule has 1 aliphatic heterocycles. The summed E-state index contributed by atoms with van der Waals surface area (Å²) in [5.74, 6) is -0.188. The van der Waals surface area contributed by atoms with E-state index in [2.05, 4.69) is 10.3 Å². The molecule has 1 aliphatic rings. The summed E-state index contributed by atoms with van der Waals surface area (Å²) in [4.78, 5) is 26.8. The van der Waals surface area contributed by atoms with Crippen LogP contribution in [0.5, 0.6) is 0 Å². The van der Waals surface area contributed by atoms with E-state index < -0.39 is 0 Å². The molecule has 1 aromatic rings. The van der Waals surface area contributed by atoms with Gasteiger partial charge >= 0.3 is 0 Å². The first-order chi connectivity index (χ1) is 9.90. The summed E-state index contributed by atoms with van der Waals surface area (Å²) in [5.41, 5.74) is 5.69. The van der Waals surface area contributed by atoms with Crippen LogP contribution in [-0.4, -0.2) is 22.6 Å². The maximum atomic E-state index is 11.9. The van der Waals surface area contributed by atoms with Crippen molar-refractivity contribution >= 4 is 29.4 Å². The van der Waals surface area contributed by atoms with Gasteiger partial charge < -0.3 is 10.3 Å². The van der Waals surface area contributed by atoms with Gasteiger partial charge in [0.2, 0.25) is 0 Å². The third-order valence-corrected chi connectivity index (χ3v) is 4.13. The number of aromatic nitrogens is 1. The van der Waals surface area contributed by atoms with Gasteiger partial charge in [-0.05, 0) is 44.4 Å². The highest BCUT2D eigenvalue weighted by Crippen LogP contribution is 2.27. The minimum Gasteiger partial charge on any atom is -0.358 e. The summed E-state index contributed by atoms with van der Waals surface area (Å²) in [5, 5.41) is 2.87. The van der Waals surface area contributed by atoms with Crippen molar-refractivity contribution in [2.45, 2.75) is 34.1 Å². The molecule has 2 rings (SSSR count). The number of nitrogens with one attached hydrogen (secondary N) is 2. The molecule has 0 aromatic carbocycles. The minimum absolute atomic E-state index is 0.0362. The monoisotopic (exact) mass is 306 g/mol. The lowest BCUT2D eigenvalue weighted by Crippen LogP contribution is -2.15. The molecular weight excluding hydrogens is 288 g/mol. The standard InChI is InChI=1S/C16H19ClN2O2/c1-5-11-8(2)16(21)19-13(11)6-12-9(3)15(10(4)18-12)14(20)7-17/h6,18H,5,7H2,1-4H3,(H,19,21)/b13-6-. The van der Waals surface area contributed by atoms with Crippen molar-refractivity contribution in [1.29, 1.82) is 0 Å². The zero-order valence-electron chi connectivity index (χ0n) is 12.7. The Hall–Kier alpha value is -1.81. The predicted octanol–water partition coefficient (Wildman–Crippen LogP) is 3.25. The molecule has 0 radical (unpaired) electrons. The first-order valence-electron chi connectivity index (χ1n) is 6.92. The summed E-state index contributed by atoms with van der Waals surface area (Å²) in [6, 6.07) is 0. The second-order valence-corrected chi connectivity index (χ2v) is 5.46. The molecule has 0 bridgehead atoms. The van der Waals surface area contributed by atoms with Crippen LogP contribution in [0.4, 0.5) is 0 Å². The van der Waals surface area contributed by atoms with E-state index >= 15 is 0 Å². The normalized spacial score (nSPS) is 16.8. The molecule has 2 heterocycles. The first-order valence-corrected chi connectivity index (χ1v) is 7.45. The van der Waals surface area contributed by atoms with Crippen molar-refractivity contribution in [2.75, 3.05) is 5.88 Å². The summed E-state index contributed by atoms with van der Waals surface area (Å²) in [7, 11) is 0. The number of H-pyrrole nitrogens is 1. The Labute approximate surface area is 129 Å². The molecule has 2 N–H and O–H groups in total. The van der Waals surface area contributed by atoms with Crippen LogP contribution in [0.25, 0.3) is 6.08 Å². The maximum Gasteiger partial charge on any atom is 0.251 e. The van der Waals surface area contributed by atoms with E-state index in [0.29, 0.717) is 5.56 Å². The number of alkyl halides is 1. The number of carbonyl (C=O) groups excluding carboxylic acids is 2. The molecular formula is C16H19ClN2O2. The van der Waals surface area contributed by atoms with Crippen molar-refractivity contribution in [3.63, 3.8) is 0 Å². The van der Waals surface area contributed by atoms with Crippen LogP contribution in [0.2, 0.25) is 0 Å². The fourth-order valence-electron chi connectivity index (χ4n) is 2.76. The van der Waals surface area contributed by atoms with Gasteiger partial charge in [0.05, 0.1) is 5.88 Å². The second kappa shape index (κ2) is 5.90. The average Bonchev–Trinajstić information content (AvgIpc) is 2.87. The molecule has 112 valence electrons. The zero-order valence-corrected chi connectivity index (χ0v) is 13.4. The number of hydrogen-bond donors (Lipinski definition) is 2. The Kier molecular flexibility index (Phi) is 4.37.